The van der Waals surface area contributed by atoms with Crippen molar-refractivity contribution >= 4 is 46.0 Å². The molecule has 0 aliphatic heterocycles. The predicted octanol–water partition coefficient (Wildman–Crippen LogP) is 1.77. The van der Waals surface area contributed by atoms with Gasteiger partial charge in [0.1, 0.15) is 0 Å². The van der Waals surface area contributed by atoms with Crippen LogP contribution in [0.2, 0.25) is 10.0 Å². The first-order chi connectivity index (χ1) is 12.3. The molecule has 0 unspecified atom stereocenters. The van der Waals surface area contributed by atoms with Crippen LogP contribution in [0.3, 0.4) is 0 Å². The SMILES string of the molecule is Cn1c(=O)c2c(ncn2CCC(=O)Nc2cc(Cl)cc(Cl)c2)n(C)c1=O. The maximum atomic E-state index is 12.4. The van der Waals surface area contributed by atoms with Crippen molar-refractivity contribution in [2.45, 2.75) is 13.0 Å². The first-order valence-corrected chi connectivity index (χ1v) is 8.40. The average Bonchev–Trinajstić information content (AvgIpc) is 2.99. The summed E-state index contributed by atoms with van der Waals surface area (Å²) in [7, 11) is 2.94. The Bertz CT molecular complexity index is 1110. The lowest BCUT2D eigenvalue weighted by Crippen LogP contribution is -2.37. The number of imidazole rings is 1. The number of halogens is 2. The molecule has 0 bridgehead atoms. The molecule has 8 nitrogen and oxygen atoms in total. The standard InChI is InChI=1S/C16H15Cl2N5O3/c1-21-14-13(15(25)22(2)16(21)26)23(8-19-14)4-3-12(24)20-11-6-9(17)5-10(18)7-11/h5-8H,3-4H2,1-2H3,(H,20,24). The van der Waals surface area contributed by atoms with E-state index in [0.717, 1.165) is 4.57 Å². The number of nitrogens with one attached hydrogen (secondary N) is 1. The molecular weight excluding hydrogens is 381 g/mol. The molecule has 26 heavy (non-hydrogen) atoms. The highest BCUT2D eigenvalue weighted by atomic mass is 35.5. The van der Waals surface area contributed by atoms with E-state index >= 15 is 0 Å². The summed E-state index contributed by atoms with van der Waals surface area (Å²) in [6.45, 7) is 0.226. The van der Waals surface area contributed by atoms with Crippen molar-refractivity contribution in [3.05, 3.63) is 55.4 Å². The van der Waals surface area contributed by atoms with Gasteiger partial charge in [-0.15, -0.1) is 0 Å². The van der Waals surface area contributed by atoms with Crippen molar-refractivity contribution < 1.29 is 4.79 Å². The minimum atomic E-state index is -0.456. The fraction of sp³-hybridized carbons (Fsp3) is 0.250. The lowest BCUT2D eigenvalue weighted by molar-refractivity contribution is -0.116. The number of anilines is 1. The summed E-state index contributed by atoms with van der Waals surface area (Å²) < 4.78 is 3.86. The van der Waals surface area contributed by atoms with Crippen LogP contribution in [0, 0.1) is 0 Å². The first kappa shape index (κ1) is 18.2. The Hall–Kier alpha value is -2.58. The molecule has 0 saturated heterocycles. The summed E-state index contributed by atoms with van der Waals surface area (Å²) in [5.41, 5.74) is 0.126. The van der Waals surface area contributed by atoms with E-state index in [9.17, 15) is 14.4 Å². The molecule has 2 aromatic heterocycles. The highest BCUT2D eigenvalue weighted by Gasteiger charge is 2.15. The quantitative estimate of drug-likeness (QED) is 0.728. The molecule has 1 aromatic carbocycles. The average molecular weight is 396 g/mol. The van der Waals surface area contributed by atoms with Crippen molar-refractivity contribution in [1.82, 2.24) is 18.7 Å². The number of rotatable bonds is 4. The summed E-state index contributed by atoms with van der Waals surface area (Å²) in [5, 5.41) is 3.53. The van der Waals surface area contributed by atoms with Gasteiger partial charge in [0.15, 0.2) is 11.2 Å². The predicted molar refractivity (Wildman–Crippen MR) is 99.9 cm³/mol. The number of hydrogen-bond donors (Lipinski definition) is 1. The van der Waals surface area contributed by atoms with Crippen LogP contribution in [0.5, 0.6) is 0 Å². The smallest absolute Gasteiger partial charge is 0.326 e. The minimum Gasteiger partial charge on any atom is -0.326 e. The molecule has 0 atom stereocenters. The van der Waals surface area contributed by atoms with Gasteiger partial charge in [0.2, 0.25) is 5.91 Å². The van der Waals surface area contributed by atoms with Crippen LogP contribution in [0.4, 0.5) is 5.69 Å². The Morgan fingerprint density at radius 2 is 1.77 bits per heavy atom. The van der Waals surface area contributed by atoms with Crippen LogP contribution in [0.1, 0.15) is 6.42 Å². The Balaban J connectivity index is 1.81. The van der Waals surface area contributed by atoms with E-state index in [4.69, 9.17) is 23.2 Å². The molecule has 3 rings (SSSR count). The molecular formula is C16H15Cl2N5O3. The number of carbonyl (C=O) groups is 1. The highest BCUT2D eigenvalue weighted by Crippen LogP contribution is 2.22. The number of fused-ring (bicyclic) bond motifs is 1. The van der Waals surface area contributed by atoms with E-state index in [-0.39, 0.29) is 30.0 Å². The van der Waals surface area contributed by atoms with Crippen molar-refractivity contribution in [3.63, 3.8) is 0 Å². The Kier molecular flexibility index (Phi) is 4.88. The summed E-state index contributed by atoms with van der Waals surface area (Å²) in [4.78, 5) is 40.6. The van der Waals surface area contributed by atoms with Gasteiger partial charge in [0, 0.05) is 42.8 Å². The molecule has 0 fully saturated rings. The topological polar surface area (TPSA) is 90.9 Å². The third kappa shape index (κ3) is 3.38. The molecule has 10 heteroatoms. The normalized spacial score (nSPS) is 11.1. The second-order valence-electron chi connectivity index (χ2n) is 5.77. The maximum absolute atomic E-state index is 12.4. The zero-order valence-corrected chi connectivity index (χ0v) is 15.5. The van der Waals surface area contributed by atoms with Crippen molar-refractivity contribution in [3.8, 4) is 0 Å². The molecule has 0 radical (unpaired) electrons. The van der Waals surface area contributed by atoms with Crippen molar-refractivity contribution in [1.29, 1.82) is 0 Å². The molecule has 0 saturated carbocycles. The number of carbonyl (C=O) groups excluding carboxylic acids is 1. The third-order valence-electron chi connectivity index (χ3n) is 3.94. The fourth-order valence-electron chi connectivity index (χ4n) is 2.64. The van der Waals surface area contributed by atoms with E-state index in [1.165, 1.54) is 25.0 Å². The number of benzene rings is 1. The zero-order chi connectivity index (χ0) is 19.0. The van der Waals surface area contributed by atoms with Crippen LogP contribution in [0.15, 0.2) is 34.1 Å². The van der Waals surface area contributed by atoms with Gasteiger partial charge in [0.25, 0.3) is 5.56 Å². The van der Waals surface area contributed by atoms with E-state index in [2.05, 4.69) is 10.3 Å². The minimum absolute atomic E-state index is 0.0988. The molecule has 136 valence electrons. The van der Waals surface area contributed by atoms with Crippen molar-refractivity contribution in [2.75, 3.05) is 5.32 Å². The first-order valence-electron chi connectivity index (χ1n) is 7.64. The maximum Gasteiger partial charge on any atom is 0.332 e. The van der Waals surface area contributed by atoms with Gasteiger partial charge in [-0.05, 0) is 18.2 Å². The molecule has 1 N–H and O–H groups in total. The van der Waals surface area contributed by atoms with Gasteiger partial charge in [-0.1, -0.05) is 23.2 Å². The van der Waals surface area contributed by atoms with Gasteiger partial charge in [-0.25, -0.2) is 9.78 Å². The Labute approximate surface area is 157 Å². The molecule has 0 aliphatic rings. The van der Waals surface area contributed by atoms with Crippen LogP contribution >= 0.6 is 23.2 Å². The Morgan fingerprint density at radius 1 is 1.12 bits per heavy atom. The number of aromatic nitrogens is 4. The fourth-order valence-corrected chi connectivity index (χ4v) is 3.16. The number of hydrogen-bond acceptors (Lipinski definition) is 4. The van der Waals surface area contributed by atoms with Gasteiger partial charge < -0.3 is 9.88 Å². The van der Waals surface area contributed by atoms with Gasteiger partial charge >= 0.3 is 5.69 Å². The molecule has 0 spiro atoms. The molecule has 1 amide bonds. The lowest BCUT2D eigenvalue weighted by Gasteiger charge is -2.08. The monoisotopic (exact) mass is 395 g/mol. The van der Waals surface area contributed by atoms with E-state index in [1.807, 2.05) is 0 Å². The Morgan fingerprint density at radius 3 is 2.42 bits per heavy atom. The van der Waals surface area contributed by atoms with Gasteiger partial charge in [-0.2, -0.15) is 0 Å². The largest absolute Gasteiger partial charge is 0.332 e. The van der Waals surface area contributed by atoms with Crippen LogP contribution < -0.4 is 16.6 Å². The number of nitrogens with zero attached hydrogens (tertiary/aromatic N) is 4. The van der Waals surface area contributed by atoms with E-state index in [0.29, 0.717) is 15.7 Å². The van der Waals surface area contributed by atoms with Crippen LogP contribution in [-0.4, -0.2) is 24.6 Å². The highest BCUT2D eigenvalue weighted by molar-refractivity contribution is 6.35. The molecule has 3 aromatic rings. The number of amides is 1. The van der Waals surface area contributed by atoms with E-state index < -0.39 is 11.2 Å². The summed E-state index contributed by atoms with van der Waals surface area (Å²) in [6, 6.07) is 4.74. The lowest BCUT2D eigenvalue weighted by atomic mass is 10.3. The van der Waals surface area contributed by atoms with Gasteiger partial charge in [0.05, 0.1) is 6.33 Å². The summed E-state index contributed by atoms with van der Waals surface area (Å²) in [5.74, 6) is -0.271. The molecule has 0 aliphatic carbocycles. The third-order valence-corrected chi connectivity index (χ3v) is 4.38. The second-order valence-corrected chi connectivity index (χ2v) is 6.65. The molecule has 2 heterocycles. The number of aryl methyl sites for hydroxylation is 2. The van der Waals surface area contributed by atoms with Crippen LogP contribution in [-0.2, 0) is 25.4 Å². The van der Waals surface area contributed by atoms with E-state index in [1.54, 1.807) is 22.8 Å². The van der Waals surface area contributed by atoms with Crippen LogP contribution in [0.25, 0.3) is 11.2 Å². The summed E-state index contributed by atoms with van der Waals surface area (Å²) in [6.07, 6.45) is 1.54. The zero-order valence-electron chi connectivity index (χ0n) is 14.0. The summed E-state index contributed by atoms with van der Waals surface area (Å²) >= 11 is 11.8. The second kappa shape index (κ2) is 6.97. The van der Waals surface area contributed by atoms with Crippen molar-refractivity contribution in [2.24, 2.45) is 14.1 Å². The van der Waals surface area contributed by atoms with Gasteiger partial charge in [-0.3, -0.25) is 18.7 Å².